The van der Waals surface area contributed by atoms with Crippen LogP contribution < -0.4 is 11.3 Å². The van der Waals surface area contributed by atoms with Crippen molar-refractivity contribution in [2.24, 2.45) is 5.73 Å². The third kappa shape index (κ3) is 1.49. The van der Waals surface area contributed by atoms with E-state index in [9.17, 15) is 4.79 Å². The lowest BCUT2D eigenvalue weighted by molar-refractivity contribution is 0.725. The molecule has 0 radical (unpaired) electrons. The van der Waals surface area contributed by atoms with E-state index in [1.807, 2.05) is 0 Å². The van der Waals surface area contributed by atoms with Crippen molar-refractivity contribution in [1.82, 2.24) is 19.6 Å². The molecule has 0 aliphatic heterocycles. The molecule has 6 nitrogen and oxygen atoms in total. The summed E-state index contributed by atoms with van der Waals surface area (Å²) in [5.74, 6) is 0.584. The zero-order chi connectivity index (χ0) is 9.42. The topological polar surface area (TPSA) is 89.1 Å². The highest BCUT2D eigenvalue weighted by Crippen LogP contribution is 2.05. The standard InChI is InChI=1S/C7H9N5O.ClH/c1-4(8)5-10-11-6-7(13)9-2-3-12(5)6;/h2-4H,8H2,1H3,(H,9,13);1H. The van der Waals surface area contributed by atoms with Crippen LogP contribution >= 0.6 is 12.4 Å². The number of nitrogens with one attached hydrogen (secondary N) is 1. The van der Waals surface area contributed by atoms with Gasteiger partial charge in [-0.05, 0) is 6.92 Å². The van der Waals surface area contributed by atoms with Gasteiger partial charge in [0.15, 0.2) is 5.82 Å². The number of nitrogens with two attached hydrogens (primary N) is 1. The number of fused-ring (bicyclic) bond motifs is 1. The Hall–Kier alpha value is -1.40. The SMILES string of the molecule is CC(N)c1nnc2c(=O)[nH]ccn12.Cl. The summed E-state index contributed by atoms with van der Waals surface area (Å²) < 4.78 is 1.59. The van der Waals surface area contributed by atoms with Crippen LogP contribution in [0.2, 0.25) is 0 Å². The summed E-state index contributed by atoms with van der Waals surface area (Å²) in [6.45, 7) is 1.79. The molecular weight excluding hydrogens is 206 g/mol. The number of hydrogen-bond donors (Lipinski definition) is 2. The number of aromatic nitrogens is 4. The molecule has 0 spiro atoms. The molecule has 0 aromatic carbocycles. The second-order valence-corrected chi connectivity index (χ2v) is 2.83. The summed E-state index contributed by atoms with van der Waals surface area (Å²) in [4.78, 5) is 13.7. The van der Waals surface area contributed by atoms with Gasteiger partial charge in [-0.2, -0.15) is 0 Å². The van der Waals surface area contributed by atoms with Crippen molar-refractivity contribution in [3.63, 3.8) is 0 Å². The summed E-state index contributed by atoms with van der Waals surface area (Å²) in [6, 6.07) is -0.239. The van der Waals surface area contributed by atoms with Crippen molar-refractivity contribution < 1.29 is 0 Å². The number of halogens is 1. The Labute approximate surface area is 85.6 Å². The monoisotopic (exact) mass is 215 g/mol. The quantitative estimate of drug-likeness (QED) is 0.693. The number of nitrogens with zero attached hydrogens (tertiary/aromatic N) is 3. The first-order valence-corrected chi connectivity index (χ1v) is 3.88. The first kappa shape index (κ1) is 10.7. The lowest BCUT2D eigenvalue weighted by Crippen LogP contribution is -2.13. The van der Waals surface area contributed by atoms with Crippen molar-refractivity contribution in [3.05, 3.63) is 28.6 Å². The van der Waals surface area contributed by atoms with Gasteiger partial charge in [-0.1, -0.05) is 0 Å². The summed E-state index contributed by atoms with van der Waals surface area (Å²) in [5, 5.41) is 7.55. The van der Waals surface area contributed by atoms with Crippen LogP contribution in [0.4, 0.5) is 0 Å². The molecular formula is C7H10ClN5O. The van der Waals surface area contributed by atoms with E-state index < -0.39 is 0 Å². The number of hydrogen-bond acceptors (Lipinski definition) is 4. The fourth-order valence-corrected chi connectivity index (χ4v) is 1.17. The minimum atomic E-state index is -0.262. The predicted octanol–water partition coefficient (Wildman–Crippen LogP) is -0.141. The van der Waals surface area contributed by atoms with Crippen LogP contribution in [-0.2, 0) is 0 Å². The molecule has 0 fully saturated rings. The normalized spacial score (nSPS) is 12.4. The van der Waals surface area contributed by atoms with E-state index in [2.05, 4.69) is 15.2 Å². The molecule has 14 heavy (non-hydrogen) atoms. The molecule has 7 heteroatoms. The molecule has 2 aromatic rings. The molecule has 76 valence electrons. The van der Waals surface area contributed by atoms with Gasteiger partial charge in [-0.25, -0.2) is 0 Å². The third-order valence-corrected chi connectivity index (χ3v) is 1.77. The summed E-state index contributed by atoms with van der Waals surface area (Å²) in [5.41, 5.74) is 5.65. The average molecular weight is 216 g/mol. The predicted molar refractivity (Wildman–Crippen MR) is 53.5 cm³/mol. The van der Waals surface area contributed by atoms with Crippen LogP contribution in [0.5, 0.6) is 0 Å². The van der Waals surface area contributed by atoms with E-state index >= 15 is 0 Å². The van der Waals surface area contributed by atoms with E-state index in [4.69, 9.17) is 5.73 Å². The highest BCUT2D eigenvalue weighted by atomic mass is 35.5. The van der Waals surface area contributed by atoms with Gasteiger partial charge >= 0.3 is 0 Å². The second-order valence-electron chi connectivity index (χ2n) is 2.83. The molecule has 1 atom stereocenters. The highest BCUT2D eigenvalue weighted by molar-refractivity contribution is 5.85. The van der Waals surface area contributed by atoms with E-state index in [-0.39, 0.29) is 29.7 Å². The Morgan fingerprint density at radius 3 is 2.93 bits per heavy atom. The molecule has 0 aliphatic carbocycles. The van der Waals surface area contributed by atoms with E-state index in [1.165, 1.54) is 6.20 Å². The zero-order valence-corrected chi connectivity index (χ0v) is 8.28. The maximum atomic E-state index is 11.2. The average Bonchev–Trinajstić information content (AvgIpc) is 2.48. The van der Waals surface area contributed by atoms with E-state index in [0.29, 0.717) is 5.82 Å². The maximum Gasteiger partial charge on any atom is 0.293 e. The molecule has 0 amide bonds. The van der Waals surface area contributed by atoms with Crippen LogP contribution in [0, 0.1) is 0 Å². The Bertz CT molecular complexity index is 488. The molecule has 2 rings (SSSR count). The van der Waals surface area contributed by atoms with Gasteiger partial charge in [0.1, 0.15) is 0 Å². The largest absolute Gasteiger partial charge is 0.324 e. The Kier molecular flexibility index (Phi) is 2.87. The van der Waals surface area contributed by atoms with Gasteiger partial charge in [-0.15, -0.1) is 22.6 Å². The van der Waals surface area contributed by atoms with Crippen LogP contribution in [0.15, 0.2) is 17.2 Å². The lowest BCUT2D eigenvalue weighted by Gasteiger charge is -2.00. The van der Waals surface area contributed by atoms with Gasteiger partial charge in [0.05, 0.1) is 6.04 Å². The van der Waals surface area contributed by atoms with Crippen LogP contribution in [0.3, 0.4) is 0 Å². The Morgan fingerprint density at radius 1 is 1.57 bits per heavy atom. The van der Waals surface area contributed by atoms with Gasteiger partial charge < -0.3 is 10.7 Å². The van der Waals surface area contributed by atoms with Crippen LogP contribution in [0.25, 0.3) is 5.65 Å². The van der Waals surface area contributed by atoms with Crippen LogP contribution in [-0.4, -0.2) is 19.6 Å². The summed E-state index contributed by atoms with van der Waals surface area (Å²) in [7, 11) is 0. The third-order valence-electron chi connectivity index (χ3n) is 1.77. The second kappa shape index (κ2) is 3.77. The fourth-order valence-electron chi connectivity index (χ4n) is 1.17. The van der Waals surface area contributed by atoms with Crippen molar-refractivity contribution in [1.29, 1.82) is 0 Å². The van der Waals surface area contributed by atoms with Gasteiger partial charge in [-0.3, -0.25) is 9.20 Å². The van der Waals surface area contributed by atoms with Crippen LogP contribution in [0.1, 0.15) is 18.8 Å². The smallest absolute Gasteiger partial charge is 0.293 e. The molecule has 0 saturated heterocycles. The molecule has 2 heterocycles. The van der Waals surface area contributed by atoms with Crippen molar-refractivity contribution >= 4 is 18.1 Å². The molecule has 2 aromatic heterocycles. The minimum absolute atomic E-state index is 0. The molecule has 0 bridgehead atoms. The zero-order valence-electron chi connectivity index (χ0n) is 7.47. The molecule has 0 saturated carbocycles. The van der Waals surface area contributed by atoms with Crippen molar-refractivity contribution in [3.8, 4) is 0 Å². The molecule has 3 N–H and O–H groups in total. The minimum Gasteiger partial charge on any atom is -0.324 e. The lowest BCUT2D eigenvalue weighted by atomic mass is 10.3. The molecule has 1 unspecified atom stereocenters. The van der Waals surface area contributed by atoms with E-state index in [0.717, 1.165) is 0 Å². The van der Waals surface area contributed by atoms with E-state index in [1.54, 1.807) is 17.5 Å². The van der Waals surface area contributed by atoms with Gasteiger partial charge in [0.25, 0.3) is 5.56 Å². The van der Waals surface area contributed by atoms with Gasteiger partial charge in [0, 0.05) is 12.4 Å². The fraction of sp³-hybridized carbons (Fsp3) is 0.286. The van der Waals surface area contributed by atoms with Gasteiger partial charge in [0.2, 0.25) is 5.65 Å². The first-order chi connectivity index (χ1) is 6.20. The highest BCUT2D eigenvalue weighted by Gasteiger charge is 2.10. The summed E-state index contributed by atoms with van der Waals surface area (Å²) in [6.07, 6.45) is 3.21. The number of H-pyrrole nitrogens is 1. The number of rotatable bonds is 1. The number of aromatic amines is 1. The maximum absolute atomic E-state index is 11.2. The molecule has 0 aliphatic rings. The van der Waals surface area contributed by atoms with Crippen molar-refractivity contribution in [2.45, 2.75) is 13.0 Å². The Morgan fingerprint density at radius 2 is 2.29 bits per heavy atom. The van der Waals surface area contributed by atoms with Crippen molar-refractivity contribution in [2.75, 3.05) is 0 Å². The Balaban J connectivity index is 0.000000980. The first-order valence-electron chi connectivity index (χ1n) is 3.88. The summed E-state index contributed by atoms with van der Waals surface area (Å²) >= 11 is 0.